The van der Waals surface area contributed by atoms with Gasteiger partial charge in [0.2, 0.25) is 0 Å². The summed E-state index contributed by atoms with van der Waals surface area (Å²) in [6.07, 6.45) is 12.9. The summed E-state index contributed by atoms with van der Waals surface area (Å²) in [5, 5.41) is 26.5. The predicted octanol–water partition coefficient (Wildman–Crippen LogP) is 2.73. The fraction of sp³-hybridized carbons (Fsp3) is 0.458. The second-order valence-corrected chi connectivity index (χ2v) is 9.14. The van der Waals surface area contributed by atoms with Gasteiger partial charge in [0, 0.05) is 11.9 Å². The predicted molar refractivity (Wildman–Crippen MR) is 124 cm³/mol. The minimum Gasteiger partial charge on any atom is -0.503 e. The molecule has 1 aliphatic carbocycles. The maximum atomic E-state index is 12.7. The smallest absolute Gasteiger partial charge is 0.276 e. The van der Waals surface area contributed by atoms with Gasteiger partial charge in [0.05, 0.1) is 30.4 Å². The van der Waals surface area contributed by atoms with E-state index in [1.807, 2.05) is 12.2 Å². The van der Waals surface area contributed by atoms with Crippen LogP contribution in [-0.4, -0.2) is 42.6 Å². The number of nitrogens with one attached hydrogen (secondary N) is 1. The van der Waals surface area contributed by atoms with Crippen LogP contribution in [0.5, 0.6) is 5.75 Å². The molecular formula is C24H32N4O4. The Balaban J connectivity index is 1.99. The Morgan fingerprint density at radius 1 is 1.38 bits per heavy atom. The summed E-state index contributed by atoms with van der Waals surface area (Å²) in [6, 6.07) is 2.06. The standard InChI is InChI=1S/C24H32N4O4/c1-5-6-9-18-10-13-28(17(18)2)24(11-7-8-12-24)15-27-14-19(30)21(31)20(26-27)22(32)25-23(3,4)16-29/h5-6,9-10,13-14,29-30H,1,7-8,11-12,15-16H2,2-4H3,(H,25,32)/b9-6-. The molecule has 0 saturated heterocycles. The lowest BCUT2D eigenvalue weighted by molar-refractivity contribution is 0.0858. The Labute approximate surface area is 187 Å². The molecule has 0 unspecified atom stereocenters. The molecule has 0 aromatic carbocycles. The first kappa shape index (κ1) is 23.5. The third-order valence-corrected chi connectivity index (χ3v) is 6.11. The lowest BCUT2D eigenvalue weighted by Crippen LogP contribution is -2.48. The number of aliphatic hydroxyl groups is 1. The number of aromatic hydroxyl groups is 1. The van der Waals surface area contributed by atoms with Gasteiger partial charge in [0.1, 0.15) is 0 Å². The molecule has 0 bridgehead atoms. The summed E-state index contributed by atoms with van der Waals surface area (Å²) in [4.78, 5) is 25.1. The molecule has 1 aliphatic rings. The SMILES string of the molecule is C=C/C=C\c1ccn(C2(Cn3cc(O)c(=O)c(C(=O)NC(C)(C)CO)n3)CCCC2)c1C. The summed E-state index contributed by atoms with van der Waals surface area (Å²) >= 11 is 0. The number of aromatic nitrogens is 3. The summed E-state index contributed by atoms with van der Waals surface area (Å²) in [5.41, 5.74) is -0.223. The van der Waals surface area contributed by atoms with Crippen molar-refractivity contribution < 1.29 is 15.0 Å². The van der Waals surface area contributed by atoms with E-state index in [2.05, 4.69) is 40.7 Å². The van der Waals surface area contributed by atoms with Gasteiger partial charge < -0.3 is 20.1 Å². The number of carbonyl (C=O) groups excluding carboxylic acids is 1. The van der Waals surface area contributed by atoms with Crippen LogP contribution in [-0.2, 0) is 12.1 Å². The second-order valence-electron chi connectivity index (χ2n) is 9.14. The maximum absolute atomic E-state index is 12.7. The molecule has 3 N–H and O–H groups in total. The molecule has 32 heavy (non-hydrogen) atoms. The normalized spacial score (nSPS) is 15.9. The molecule has 0 aliphatic heterocycles. The van der Waals surface area contributed by atoms with Crippen molar-refractivity contribution in [1.29, 1.82) is 0 Å². The minimum atomic E-state index is -0.925. The largest absolute Gasteiger partial charge is 0.503 e. The lowest BCUT2D eigenvalue weighted by Gasteiger charge is -2.33. The highest BCUT2D eigenvalue weighted by molar-refractivity contribution is 5.92. The van der Waals surface area contributed by atoms with E-state index in [1.165, 1.54) is 10.9 Å². The first-order chi connectivity index (χ1) is 15.1. The highest BCUT2D eigenvalue weighted by Crippen LogP contribution is 2.40. The Morgan fingerprint density at radius 3 is 2.69 bits per heavy atom. The van der Waals surface area contributed by atoms with Crippen molar-refractivity contribution in [1.82, 2.24) is 19.7 Å². The van der Waals surface area contributed by atoms with Crippen LogP contribution in [0.1, 0.15) is 61.3 Å². The van der Waals surface area contributed by atoms with Crippen molar-refractivity contribution in [2.24, 2.45) is 0 Å². The van der Waals surface area contributed by atoms with E-state index in [0.29, 0.717) is 6.54 Å². The first-order valence-electron chi connectivity index (χ1n) is 10.8. The molecule has 1 amide bonds. The number of aliphatic hydroxyl groups excluding tert-OH is 1. The Morgan fingerprint density at radius 2 is 2.06 bits per heavy atom. The van der Waals surface area contributed by atoms with Crippen molar-refractivity contribution in [3.05, 3.63) is 64.4 Å². The topological polar surface area (TPSA) is 109 Å². The molecule has 8 nitrogen and oxygen atoms in total. The van der Waals surface area contributed by atoms with Gasteiger partial charge in [-0.2, -0.15) is 5.10 Å². The van der Waals surface area contributed by atoms with Crippen LogP contribution in [0.2, 0.25) is 0 Å². The van der Waals surface area contributed by atoms with Gasteiger partial charge in [0.15, 0.2) is 11.4 Å². The Kier molecular flexibility index (Phi) is 6.74. The van der Waals surface area contributed by atoms with E-state index in [-0.39, 0.29) is 12.1 Å². The van der Waals surface area contributed by atoms with E-state index >= 15 is 0 Å². The van der Waals surface area contributed by atoms with Crippen molar-refractivity contribution >= 4 is 12.0 Å². The molecule has 0 spiro atoms. The van der Waals surface area contributed by atoms with E-state index in [9.17, 15) is 19.8 Å². The van der Waals surface area contributed by atoms with Gasteiger partial charge in [-0.25, -0.2) is 0 Å². The van der Waals surface area contributed by atoms with Gasteiger partial charge in [-0.15, -0.1) is 0 Å². The third-order valence-electron chi connectivity index (χ3n) is 6.11. The first-order valence-corrected chi connectivity index (χ1v) is 10.8. The van der Waals surface area contributed by atoms with Crippen LogP contribution < -0.4 is 10.7 Å². The minimum absolute atomic E-state index is 0.281. The monoisotopic (exact) mass is 440 g/mol. The van der Waals surface area contributed by atoms with E-state index in [4.69, 9.17) is 0 Å². The van der Waals surface area contributed by atoms with Gasteiger partial charge >= 0.3 is 0 Å². The number of carbonyl (C=O) groups is 1. The zero-order valence-corrected chi connectivity index (χ0v) is 19.0. The quantitative estimate of drug-likeness (QED) is 0.547. The number of nitrogens with zero attached hydrogens (tertiary/aromatic N) is 3. The van der Waals surface area contributed by atoms with Crippen molar-refractivity contribution in [3.8, 4) is 5.75 Å². The van der Waals surface area contributed by atoms with Gasteiger partial charge in [-0.1, -0.05) is 37.6 Å². The summed E-state index contributed by atoms with van der Waals surface area (Å²) in [7, 11) is 0. The van der Waals surface area contributed by atoms with Crippen LogP contribution >= 0.6 is 0 Å². The third kappa shape index (κ3) is 4.70. The van der Waals surface area contributed by atoms with Crippen LogP contribution in [0.25, 0.3) is 6.08 Å². The molecule has 172 valence electrons. The van der Waals surface area contributed by atoms with Crippen LogP contribution in [0.3, 0.4) is 0 Å². The number of rotatable bonds is 8. The zero-order valence-electron chi connectivity index (χ0n) is 19.0. The van der Waals surface area contributed by atoms with Crippen molar-refractivity contribution in [3.63, 3.8) is 0 Å². The summed E-state index contributed by atoms with van der Waals surface area (Å²) < 4.78 is 3.73. The molecule has 0 radical (unpaired) electrons. The number of amides is 1. The number of hydrogen-bond donors (Lipinski definition) is 3. The highest BCUT2D eigenvalue weighted by Gasteiger charge is 2.37. The van der Waals surface area contributed by atoms with Gasteiger partial charge in [0.25, 0.3) is 11.3 Å². The second kappa shape index (κ2) is 9.16. The molecule has 1 saturated carbocycles. The van der Waals surface area contributed by atoms with Crippen LogP contribution in [0.4, 0.5) is 0 Å². The molecule has 2 aromatic heterocycles. The molecule has 1 fully saturated rings. The Bertz CT molecular complexity index is 1090. The molecule has 2 aromatic rings. The zero-order chi connectivity index (χ0) is 23.5. The molecule has 3 rings (SSSR count). The lowest BCUT2D eigenvalue weighted by atomic mass is 9.96. The van der Waals surface area contributed by atoms with Crippen molar-refractivity contribution in [2.45, 2.75) is 64.1 Å². The van der Waals surface area contributed by atoms with E-state index < -0.39 is 28.3 Å². The molecule has 8 heteroatoms. The molecular weight excluding hydrogens is 408 g/mol. The Hall–Kier alpha value is -3.13. The highest BCUT2D eigenvalue weighted by atomic mass is 16.3. The summed E-state index contributed by atoms with van der Waals surface area (Å²) in [5.74, 6) is -1.26. The average molecular weight is 441 g/mol. The number of allylic oxidation sites excluding steroid dienone is 2. The van der Waals surface area contributed by atoms with Gasteiger partial charge in [-0.05, 0) is 45.2 Å². The summed E-state index contributed by atoms with van der Waals surface area (Å²) in [6.45, 7) is 9.16. The van der Waals surface area contributed by atoms with E-state index in [1.54, 1.807) is 19.9 Å². The average Bonchev–Trinajstić information content (AvgIpc) is 3.36. The van der Waals surface area contributed by atoms with E-state index in [0.717, 1.165) is 36.9 Å². The molecule has 0 atom stereocenters. The fourth-order valence-corrected chi connectivity index (χ4v) is 4.36. The fourth-order valence-electron chi connectivity index (χ4n) is 4.36. The number of hydrogen-bond acceptors (Lipinski definition) is 5. The van der Waals surface area contributed by atoms with Crippen LogP contribution in [0.15, 0.2) is 42.0 Å². The molecule has 2 heterocycles. The van der Waals surface area contributed by atoms with Crippen LogP contribution in [0, 0.1) is 6.92 Å². The van der Waals surface area contributed by atoms with Crippen molar-refractivity contribution in [2.75, 3.05) is 6.61 Å². The maximum Gasteiger partial charge on any atom is 0.276 e. The van der Waals surface area contributed by atoms with Gasteiger partial charge in [-0.3, -0.25) is 14.3 Å².